The SMILES string of the molecule is Cc1cc(C)cc(-n2ccnc2SCC(=O)NCCN2CCOCC2)c1. The number of carbonyl (C=O) groups is 1. The Morgan fingerprint density at radius 1 is 1.23 bits per heavy atom. The molecule has 140 valence electrons. The van der Waals surface area contributed by atoms with Crippen LogP contribution in [0.3, 0.4) is 0 Å². The Morgan fingerprint density at radius 2 is 1.96 bits per heavy atom. The lowest BCUT2D eigenvalue weighted by atomic mass is 10.1. The van der Waals surface area contributed by atoms with Crippen molar-refractivity contribution >= 4 is 17.7 Å². The van der Waals surface area contributed by atoms with Gasteiger partial charge in [-0.2, -0.15) is 0 Å². The van der Waals surface area contributed by atoms with Gasteiger partial charge >= 0.3 is 0 Å². The van der Waals surface area contributed by atoms with E-state index >= 15 is 0 Å². The molecule has 0 unspecified atom stereocenters. The summed E-state index contributed by atoms with van der Waals surface area (Å²) < 4.78 is 7.36. The maximum atomic E-state index is 12.1. The number of thioether (sulfide) groups is 1. The number of aryl methyl sites for hydroxylation is 2. The number of hydrogen-bond acceptors (Lipinski definition) is 5. The Hall–Kier alpha value is -1.83. The lowest BCUT2D eigenvalue weighted by Gasteiger charge is -2.26. The lowest BCUT2D eigenvalue weighted by molar-refractivity contribution is -0.118. The highest BCUT2D eigenvalue weighted by atomic mass is 32.2. The molecule has 1 aromatic carbocycles. The number of amides is 1. The van der Waals surface area contributed by atoms with E-state index in [9.17, 15) is 4.79 Å². The summed E-state index contributed by atoms with van der Waals surface area (Å²) in [5.41, 5.74) is 3.51. The third-order valence-electron chi connectivity index (χ3n) is 4.28. The highest BCUT2D eigenvalue weighted by Gasteiger charge is 2.12. The molecule has 3 rings (SSSR count). The van der Waals surface area contributed by atoms with Gasteiger partial charge in [0.1, 0.15) is 0 Å². The van der Waals surface area contributed by atoms with Gasteiger partial charge in [-0.15, -0.1) is 0 Å². The van der Waals surface area contributed by atoms with Crippen molar-refractivity contribution in [2.75, 3.05) is 45.1 Å². The first kappa shape index (κ1) is 18.9. The third kappa shape index (κ3) is 5.33. The van der Waals surface area contributed by atoms with Crippen molar-refractivity contribution in [3.63, 3.8) is 0 Å². The smallest absolute Gasteiger partial charge is 0.230 e. The van der Waals surface area contributed by atoms with Crippen molar-refractivity contribution in [1.82, 2.24) is 19.8 Å². The van der Waals surface area contributed by atoms with Crippen molar-refractivity contribution in [1.29, 1.82) is 0 Å². The number of morpholine rings is 1. The molecule has 0 aliphatic carbocycles. The van der Waals surface area contributed by atoms with Gasteiger partial charge in [0.25, 0.3) is 0 Å². The predicted octanol–water partition coefficient (Wildman–Crippen LogP) is 2.03. The standard InChI is InChI=1S/C19H26N4O2S/c1-15-11-16(2)13-17(12-15)23-6-4-21-19(23)26-14-18(24)20-3-5-22-7-9-25-10-8-22/h4,6,11-13H,3,5,7-10,14H2,1-2H3,(H,20,24). The average Bonchev–Trinajstić information content (AvgIpc) is 3.09. The van der Waals surface area contributed by atoms with Crippen molar-refractivity contribution in [2.24, 2.45) is 0 Å². The minimum absolute atomic E-state index is 0.0400. The first-order valence-corrected chi connectivity index (χ1v) is 9.92. The van der Waals surface area contributed by atoms with Crippen LogP contribution in [0.25, 0.3) is 5.69 Å². The van der Waals surface area contributed by atoms with E-state index in [-0.39, 0.29) is 5.91 Å². The fourth-order valence-corrected chi connectivity index (χ4v) is 3.85. The van der Waals surface area contributed by atoms with Gasteiger partial charge in [0.2, 0.25) is 5.91 Å². The van der Waals surface area contributed by atoms with E-state index in [1.165, 1.54) is 22.9 Å². The van der Waals surface area contributed by atoms with E-state index < -0.39 is 0 Å². The zero-order valence-electron chi connectivity index (χ0n) is 15.4. The van der Waals surface area contributed by atoms with Crippen LogP contribution in [0, 0.1) is 13.8 Å². The summed E-state index contributed by atoms with van der Waals surface area (Å²) in [5.74, 6) is 0.406. The Bertz CT molecular complexity index is 721. The molecule has 7 heteroatoms. The first-order chi connectivity index (χ1) is 12.6. The van der Waals surface area contributed by atoms with Crippen LogP contribution in [0.15, 0.2) is 35.7 Å². The van der Waals surface area contributed by atoms with Crippen molar-refractivity contribution < 1.29 is 9.53 Å². The fourth-order valence-electron chi connectivity index (χ4n) is 3.04. The minimum Gasteiger partial charge on any atom is -0.379 e. The highest BCUT2D eigenvalue weighted by molar-refractivity contribution is 7.99. The summed E-state index contributed by atoms with van der Waals surface area (Å²) >= 11 is 1.46. The van der Waals surface area contributed by atoms with Crippen molar-refractivity contribution in [3.05, 3.63) is 41.7 Å². The second-order valence-electron chi connectivity index (χ2n) is 6.52. The van der Waals surface area contributed by atoms with Gasteiger partial charge in [-0.05, 0) is 37.1 Å². The third-order valence-corrected chi connectivity index (χ3v) is 5.24. The number of nitrogens with one attached hydrogen (secondary N) is 1. The summed E-state index contributed by atoms with van der Waals surface area (Å²) in [7, 11) is 0. The zero-order valence-corrected chi connectivity index (χ0v) is 16.2. The maximum Gasteiger partial charge on any atom is 0.230 e. The first-order valence-electron chi connectivity index (χ1n) is 8.93. The average molecular weight is 375 g/mol. The van der Waals surface area contributed by atoms with Crippen LogP contribution in [0.1, 0.15) is 11.1 Å². The largest absolute Gasteiger partial charge is 0.379 e. The van der Waals surface area contributed by atoms with Gasteiger partial charge in [0.05, 0.1) is 19.0 Å². The van der Waals surface area contributed by atoms with Gasteiger partial charge in [0, 0.05) is 44.3 Å². The Kier molecular flexibility index (Phi) is 6.71. The summed E-state index contributed by atoms with van der Waals surface area (Å²) in [6, 6.07) is 6.40. The zero-order chi connectivity index (χ0) is 18.4. The summed E-state index contributed by atoms with van der Waals surface area (Å²) in [4.78, 5) is 18.8. The number of rotatable bonds is 7. The molecule has 26 heavy (non-hydrogen) atoms. The topological polar surface area (TPSA) is 59.4 Å². The molecular weight excluding hydrogens is 348 g/mol. The molecule has 0 saturated carbocycles. The van der Waals surface area contributed by atoms with E-state index in [1.807, 2.05) is 10.8 Å². The molecule has 0 atom stereocenters. The molecule has 1 amide bonds. The summed E-state index contributed by atoms with van der Waals surface area (Å²) in [5, 5.41) is 3.82. The van der Waals surface area contributed by atoms with Crippen LogP contribution in [0.4, 0.5) is 0 Å². The molecule has 0 bridgehead atoms. The molecular formula is C19H26N4O2S. The Morgan fingerprint density at radius 3 is 2.69 bits per heavy atom. The van der Waals surface area contributed by atoms with E-state index in [0.717, 1.165) is 43.7 Å². The molecule has 6 nitrogen and oxygen atoms in total. The molecule has 1 saturated heterocycles. The van der Waals surface area contributed by atoms with E-state index in [2.05, 4.69) is 47.2 Å². The molecule has 0 spiro atoms. The van der Waals surface area contributed by atoms with Crippen LogP contribution in [0.2, 0.25) is 0 Å². The fraction of sp³-hybridized carbons (Fsp3) is 0.474. The number of ether oxygens (including phenoxy) is 1. The van der Waals surface area contributed by atoms with Crippen LogP contribution in [-0.4, -0.2) is 65.5 Å². The number of carbonyl (C=O) groups excluding carboxylic acids is 1. The van der Waals surface area contributed by atoms with Crippen molar-refractivity contribution in [3.8, 4) is 5.69 Å². The van der Waals surface area contributed by atoms with E-state index in [1.54, 1.807) is 6.20 Å². The molecule has 1 aromatic heterocycles. The predicted molar refractivity (Wildman–Crippen MR) is 104 cm³/mol. The van der Waals surface area contributed by atoms with Crippen LogP contribution in [0.5, 0.6) is 0 Å². The molecule has 1 fully saturated rings. The van der Waals surface area contributed by atoms with Crippen LogP contribution < -0.4 is 5.32 Å². The van der Waals surface area contributed by atoms with E-state index in [0.29, 0.717) is 12.3 Å². The molecule has 2 heterocycles. The second-order valence-corrected chi connectivity index (χ2v) is 7.46. The number of benzene rings is 1. The van der Waals surface area contributed by atoms with Gasteiger partial charge < -0.3 is 10.1 Å². The number of nitrogens with zero attached hydrogens (tertiary/aromatic N) is 3. The Balaban J connectivity index is 1.49. The molecule has 1 N–H and O–H groups in total. The van der Waals surface area contributed by atoms with Gasteiger partial charge in [0.15, 0.2) is 5.16 Å². The van der Waals surface area contributed by atoms with Gasteiger partial charge in [-0.25, -0.2) is 4.98 Å². The highest BCUT2D eigenvalue weighted by Crippen LogP contribution is 2.22. The molecule has 0 radical (unpaired) electrons. The second kappa shape index (κ2) is 9.21. The van der Waals surface area contributed by atoms with Crippen molar-refractivity contribution in [2.45, 2.75) is 19.0 Å². The summed E-state index contributed by atoms with van der Waals surface area (Å²) in [6.07, 6.45) is 3.71. The summed E-state index contributed by atoms with van der Waals surface area (Å²) in [6.45, 7) is 9.16. The lowest BCUT2D eigenvalue weighted by Crippen LogP contribution is -2.41. The number of imidazole rings is 1. The van der Waals surface area contributed by atoms with Gasteiger partial charge in [-0.1, -0.05) is 17.8 Å². The number of aromatic nitrogens is 2. The molecule has 2 aromatic rings. The molecule has 1 aliphatic rings. The van der Waals surface area contributed by atoms with Gasteiger partial charge in [-0.3, -0.25) is 14.3 Å². The number of hydrogen-bond donors (Lipinski definition) is 1. The van der Waals surface area contributed by atoms with Crippen LogP contribution in [-0.2, 0) is 9.53 Å². The minimum atomic E-state index is 0.0400. The monoisotopic (exact) mass is 374 g/mol. The quantitative estimate of drug-likeness (QED) is 0.752. The maximum absolute atomic E-state index is 12.1. The van der Waals surface area contributed by atoms with Crippen LogP contribution >= 0.6 is 11.8 Å². The van der Waals surface area contributed by atoms with E-state index in [4.69, 9.17) is 4.74 Å². The Labute approximate surface area is 158 Å². The normalized spacial score (nSPS) is 15.2. The molecule has 1 aliphatic heterocycles.